The highest BCUT2D eigenvalue weighted by Gasteiger charge is 2.26. The molecule has 1 aliphatic heterocycles. The number of rotatable bonds is 5. The van der Waals surface area contributed by atoms with E-state index in [2.05, 4.69) is 64.2 Å². The molecule has 0 amide bonds. The van der Waals surface area contributed by atoms with Gasteiger partial charge in [0.05, 0.1) is 5.69 Å². The van der Waals surface area contributed by atoms with Gasteiger partial charge in [0, 0.05) is 43.8 Å². The molecule has 138 valence electrons. The molecular formula is C23H25N3O. The lowest BCUT2D eigenvalue weighted by atomic mass is 10.1. The fraction of sp³-hybridized carbons (Fsp3) is 0.261. The molecule has 4 heteroatoms. The fourth-order valence-corrected chi connectivity index (χ4v) is 3.66. The van der Waals surface area contributed by atoms with E-state index in [-0.39, 0.29) is 0 Å². The maximum absolute atomic E-state index is 6.17. The second kappa shape index (κ2) is 8.12. The van der Waals surface area contributed by atoms with Crippen molar-refractivity contribution in [1.29, 1.82) is 0 Å². The fourth-order valence-electron chi connectivity index (χ4n) is 3.66. The first-order chi connectivity index (χ1) is 13.3. The van der Waals surface area contributed by atoms with E-state index in [1.807, 2.05) is 36.7 Å². The van der Waals surface area contributed by atoms with Crippen LogP contribution in [0.5, 0.6) is 5.75 Å². The van der Waals surface area contributed by atoms with E-state index in [4.69, 9.17) is 4.74 Å². The van der Waals surface area contributed by atoms with Gasteiger partial charge < -0.3 is 14.5 Å². The molecule has 2 aromatic carbocycles. The van der Waals surface area contributed by atoms with Gasteiger partial charge in [-0.3, -0.25) is 4.98 Å². The molecule has 2 heterocycles. The van der Waals surface area contributed by atoms with Crippen molar-refractivity contribution >= 4 is 11.4 Å². The van der Waals surface area contributed by atoms with Crippen molar-refractivity contribution in [2.24, 2.45) is 0 Å². The molecule has 0 N–H and O–H groups in total. The van der Waals surface area contributed by atoms with Crippen LogP contribution in [-0.2, 0) is 6.61 Å². The van der Waals surface area contributed by atoms with E-state index in [1.54, 1.807) is 0 Å². The number of para-hydroxylation sites is 2. The molecule has 4 nitrogen and oxygen atoms in total. The standard InChI is InChI=1S/C23H25N3O/c1-19-17-25(21-11-13-24-14-12-21)15-16-26(19)22-9-5-6-10-23(22)27-18-20-7-3-2-4-8-20/h2-14,19H,15-18H2,1H3. The van der Waals surface area contributed by atoms with Crippen LogP contribution < -0.4 is 14.5 Å². The summed E-state index contributed by atoms with van der Waals surface area (Å²) in [6.45, 7) is 5.80. The van der Waals surface area contributed by atoms with Gasteiger partial charge in [0.15, 0.2) is 0 Å². The average Bonchev–Trinajstić information content (AvgIpc) is 2.74. The normalized spacial score (nSPS) is 17.0. The molecule has 0 spiro atoms. The van der Waals surface area contributed by atoms with Gasteiger partial charge in [-0.2, -0.15) is 0 Å². The molecule has 1 aliphatic rings. The van der Waals surface area contributed by atoms with Gasteiger partial charge in [0.1, 0.15) is 12.4 Å². The highest BCUT2D eigenvalue weighted by Crippen LogP contribution is 2.32. The molecule has 0 radical (unpaired) electrons. The maximum atomic E-state index is 6.17. The molecule has 0 saturated carbocycles. The third-order valence-electron chi connectivity index (χ3n) is 5.07. The molecule has 0 bridgehead atoms. The van der Waals surface area contributed by atoms with Crippen LogP contribution in [0.4, 0.5) is 11.4 Å². The van der Waals surface area contributed by atoms with Crippen LogP contribution in [0.25, 0.3) is 0 Å². The topological polar surface area (TPSA) is 28.6 Å². The zero-order chi connectivity index (χ0) is 18.5. The molecule has 1 saturated heterocycles. The van der Waals surface area contributed by atoms with E-state index in [0.717, 1.165) is 25.4 Å². The van der Waals surface area contributed by atoms with Crippen molar-refractivity contribution in [2.45, 2.75) is 19.6 Å². The van der Waals surface area contributed by atoms with E-state index >= 15 is 0 Å². The largest absolute Gasteiger partial charge is 0.487 e. The molecule has 3 aromatic rings. The number of hydrogen-bond acceptors (Lipinski definition) is 4. The van der Waals surface area contributed by atoms with Crippen LogP contribution in [0.3, 0.4) is 0 Å². The molecule has 1 aromatic heterocycles. The molecular weight excluding hydrogens is 334 g/mol. The number of piperazine rings is 1. The van der Waals surface area contributed by atoms with Gasteiger partial charge >= 0.3 is 0 Å². The summed E-state index contributed by atoms with van der Waals surface area (Å²) in [5.41, 5.74) is 3.60. The second-order valence-corrected chi connectivity index (χ2v) is 6.94. The number of aromatic nitrogens is 1. The third-order valence-corrected chi connectivity index (χ3v) is 5.07. The summed E-state index contributed by atoms with van der Waals surface area (Å²) in [7, 11) is 0. The highest BCUT2D eigenvalue weighted by atomic mass is 16.5. The predicted octanol–water partition coefficient (Wildman–Crippen LogP) is 4.38. The van der Waals surface area contributed by atoms with E-state index in [1.165, 1.54) is 16.9 Å². The lowest BCUT2D eigenvalue weighted by Gasteiger charge is -2.42. The van der Waals surface area contributed by atoms with Crippen molar-refractivity contribution in [2.75, 3.05) is 29.4 Å². The number of anilines is 2. The Kier molecular flexibility index (Phi) is 5.24. The smallest absolute Gasteiger partial charge is 0.143 e. The van der Waals surface area contributed by atoms with Gasteiger partial charge in [-0.15, -0.1) is 0 Å². The Hall–Kier alpha value is -3.01. The molecule has 27 heavy (non-hydrogen) atoms. The minimum absolute atomic E-state index is 0.397. The lowest BCUT2D eigenvalue weighted by Crippen LogP contribution is -2.52. The summed E-state index contributed by atoms with van der Waals surface area (Å²) >= 11 is 0. The predicted molar refractivity (Wildman–Crippen MR) is 110 cm³/mol. The summed E-state index contributed by atoms with van der Waals surface area (Å²) in [4.78, 5) is 9.01. The Bertz CT molecular complexity index is 854. The van der Waals surface area contributed by atoms with Crippen LogP contribution in [0.15, 0.2) is 79.1 Å². The third kappa shape index (κ3) is 4.05. The zero-order valence-electron chi connectivity index (χ0n) is 15.7. The zero-order valence-corrected chi connectivity index (χ0v) is 15.7. The molecule has 0 aliphatic carbocycles. The maximum Gasteiger partial charge on any atom is 0.143 e. The minimum atomic E-state index is 0.397. The quantitative estimate of drug-likeness (QED) is 0.676. The van der Waals surface area contributed by atoms with Crippen LogP contribution in [0, 0.1) is 0 Å². The summed E-state index contributed by atoms with van der Waals surface area (Å²) in [5, 5.41) is 0. The summed E-state index contributed by atoms with van der Waals surface area (Å²) in [6.07, 6.45) is 3.72. The Morgan fingerprint density at radius 2 is 1.67 bits per heavy atom. The number of benzene rings is 2. The summed E-state index contributed by atoms with van der Waals surface area (Å²) < 4.78 is 6.17. The first kappa shape index (κ1) is 17.4. The number of nitrogens with zero attached hydrogens (tertiary/aromatic N) is 3. The lowest BCUT2D eigenvalue weighted by molar-refractivity contribution is 0.305. The average molecular weight is 359 g/mol. The first-order valence-corrected chi connectivity index (χ1v) is 9.48. The second-order valence-electron chi connectivity index (χ2n) is 6.94. The van der Waals surface area contributed by atoms with Crippen LogP contribution >= 0.6 is 0 Å². The van der Waals surface area contributed by atoms with Gasteiger partial charge in [0.2, 0.25) is 0 Å². The SMILES string of the molecule is CC1CN(c2ccncc2)CCN1c1ccccc1OCc1ccccc1. The number of hydrogen-bond donors (Lipinski definition) is 0. The van der Waals surface area contributed by atoms with Crippen molar-refractivity contribution < 1.29 is 4.74 Å². The van der Waals surface area contributed by atoms with Crippen molar-refractivity contribution in [1.82, 2.24) is 4.98 Å². The Labute approximate surface area is 161 Å². The summed E-state index contributed by atoms with van der Waals surface area (Å²) in [5.74, 6) is 0.950. The highest BCUT2D eigenvalue weighted by molar-refractivity contribution is 5.60. The minimum Gasteiger partial charge on any atom is -0.487 e. The molecule has 1 unspecified atom stereocenters. The molecule has 4 rings (SSSR count). The first-order valence-electron chi connectivity index (χ1n) is 9.48. The monoisotopic (exact) mass is 359 g/mol. The van der Waals surface area contributed by atoms with E-state index in [9.17, 15) is 0 Å². The van der Waals surface area contributed by atoms with Gasteiger partial charge in [-0.25, -0.2) is 0 Å². The number of pyridine rings is 1. The van der Waals surface area contributed by atoms with E-state index < -0.39 is 0 Å². The van der Waals surface area contributed by atoms with Crippen molar-refractivity contribution in [3.05, 3.63) is 84.7 Å². The molecule has 1 atom stereocenters. The van der Waals surface area contributed by atoms with Gasteiger partial charge in [0.25, 0.3) is 0 Å². The van der Waals surface area contributed by atoms with Crippen LogP contribution in [0.1, 0.15) is 12.5 Å². The van der Waals surface area contributed by atoms with Gasteiger partial charge in [-0.05, 0) is 36.8 Å². The van der Waals surface area contributed by atoms with Crippen LogP contribution in [-0.4, -0.2) is 30.7 Å². The number of ether oxygens (including phenoxy) is 1. The Morgan fingerprint density at radius 3 is 2.44 bits per heavy atom. The van der Waals surface area contributed by atoms with Crippen LogP contribution in [0.2, 0.25) is 0 Å². The Balaban J connectivity index is 1.47. The van der Waals surface area contributed by atoms with Gasteiger partial charge in [-0.1, -0.05) is 42.5 Å². The molecule has 1 fully saturated rings. The Morgan fingerprint density at radius 1 is 0.926 bits per heavy atom. The van der Waals surface area contributed by atoms with E-state index in [0.29, 0.717) is 12.6 Å². The summed E-state index contributed by atoms with van der Waals surface area (Å²) in [6, 6.07) is 23.2. The van der Waals surface area contributed by atoms with Crippen molar-refractivity contribution in [3.8, 4) is 5.75 Å². The van der Waals surface area contributed by atoms with Crippen molar-refractivity contribution in [3.63, 3.8) is 0 Å².